The molecule has 0 radical (unpaired) electrons. The van der Waals surface area contributed by atoms with E-state index in [1.165, 1.54) is 6.08 Å². The molecule has 36 heavy (non-hydrogen) atoms. The molecule has 13 nitrogen and oxygen atoms in total. The molecule has 0 atom stereocenters. The second kappa shape index (κ2) is 10.3. The minimum Gasteiger partial charge on any atom is -0.378 e. The van der Waals surface area contributed by atoms with Crippen molar-refractivity contribution in [3.8, 4) is 5.69 Å². The Kier molecular flexibility index (Phi) is 6.80. The number of aromatic nitrogens is 6. The van der Waals surface area contributed by atoms with Crippen molar-refractivity contribution in [2.45, 2.75) is 18.9 Å². The highest BCUT2D eigenvalue weighted by molar-refractivity contribution is 5.89. The fraction of sp³-hybridized carbons (Fsp3) is 0.478. The van der Waals surface area contributed by atoms with E-state index in [4.69, 9.17) is 14.7 Å². The highest BCUT2D eigenvalue weighted by Gasteiger charge is 2.24. The molecule has 2 saturated heterocycles. The van der Waals surface area contributed by atoms with E-state index in [-0.39, 0.29) is 24.4 Å². The van der Waals surface area contributed by atoms with Crippen LogP contribution in [-0.2, 0) is 21.4 Å². The van der Waals surface area contributed by atoms with Gasteiger partial charge >= 0.3 is 0 Å². The minimum absolute atomic E-state index is 0.0206. The van der Waals surface area contributed by atoms with Crippen molar-refractivity contribution in [2.75, 3.05) is 56.2 Å². The van der Waals surface area contributed by atoms with Crippen LogP contribution in [0.3, 0.4) is 0 Å². The van der Waals surface area contributed by atoms with Crippen LogP contribution in [0.25, 0.3) is 16.9 Å². The van der Waals surface area contributed by atoms with Gasteiger partial charge in [0.2, 0.25) is 17.8 Å². The molecule has 0 spiro atoms. The van der Waals surface area contributed by atoms with Crippen molar-refractivity contribution < 1.29 is 14.3 Å². The predicted octanol–water partition coefficient (Wildman–Crippen LogP) is 0.0907. The summed E-state index contributed by atoms with van der Waals surface area (Å²) in [4.78, 5) is 42.4. The molecule has 13 heteroatoms. The molecule has 2 fully saturated rings. The van der Waals surface area contributed by atoms with Gasteiger partial charge in [-0.25, -0.2) is 4.98 Å². The zero-order valence-corrected chi connectivity index (χ0v) is 20.3. The normalized spacial score (nSPS) is 16.8. The van der Waals surface area contributed by atoms with Crippen molar-refractivity contribution >= 4 is 34.7 Å². The molecule has 5 rings (SSSR count). The van der Waals surface area contributed by atoms with E-state index in [1.807, 2.05) is 17.8 Å². The second-order valence-electron chi connectivity index (χ2n) is 8.86. The van der Waals surface area contributed by atoms with Gasteiger partial charge in [-0.2, -0.15) is 15.1 Å². The number of rotatable bonds is 7. The molecule has 2 amide bonds. The highest BCUT2D eigenvalue weighted by atomic mass is 16.5. The average Bonchev–Trinajstić information content (AvgIpc) is 3.53. The van der Waals surface area contributed by atoms with Gasteiger partial charge in [-0.05, 0) is 18.9 Å². The molecule has 0 aromatic carbocycles. The van der Waals surface area contributed by atoms with Crippen molar-refractivity contribution in [2.24, 2.45) is 7.05 Å². The first-order valence-electron chi connectivity index (χ1n) is 12.0. The molecule has 190 valence electrons. The largest absolute Gasteiger partial charge is 0.378 e. The summed E-state index contributed by atoms with van der Waals surface area (Å²) >= 11 is 0. The van der Waals surface area contributed by atoms with Crippen molar-refractivity contribution in [3.63, 3.8) is 0 Å². The number of morpholine rings is 1. The molecule has 2 N–H and O–H groups in total. The summed E-state index contributed by atoms with van der Waals surface area (Å²) < 4.78 is 9.05. The van der Waals surface area contributed by atoms with Crippen LogP contribution in [0.2, 0.25) is 0 Å². The number of amides is 2. The van der Waals surface area contributed by atoms with Crippen LogP contribution in [0.5, 0.6) is 0 Å². The van der Waals surface area contributed by atoms with Crippen molar-refractivity contribution in [1.82, 2.24) is 39.5 Å². The van der Waals surface area contributed by atoms with E-state index in [2.05, 4.69) is 32.2 Å². The molecular weight excluding hydrogens is 464 g/mol. The maximum absolute atomic E-state index is 12.7. The van der Waals surface area contributed by atoms with Gasteiger partial charge in [-0.15, -0.1) is 0 Å². The molecule has 0 saturated carbocycles. The third kappa shape index (κ3) is 5.00. The van der Waals surface area contributed by atoms with Gasteiger partial charge < -0.3 is 25.2 Å². The number of imidazole rings is 1. The number of fused-ring (bicyclic) bond motifs is 1. The van der Waals surface area contributed by atoms with Crippen LogP contribution in [-0.4, -0.2) is 98.0 Å². The van der Waals surface area contributed by atoms with Gasteiger partial charge in [-0.1, -0.05) is 6.58 Å². The van der Waals surface area contributed by atoms with Gasteiger partial charge in [0.1, 0.15) is 6.33 Å². The van der Waals surface area contributed by atoms with Gasteiger partial charge in [0.25, 0.3) is 0 Å². The Morgan fingerprint density at radius 2 is 1.97 bits per heavy atom. The standard InChI is InChI=1S/C23H30N10O3/c1-3-19(35)31-6-4-16(5-7-31)27-18(34)13-24-21-20-22(29-23(28-21)32-8-10-36-11-9-32)33(15-25-20)17-12-26-30(2)14-17/h3,12,14-16H,1,4-11,13H2,2H3,(H,27,34)(H,24,28,29). The summed E-state index contributed by atoms with van der Waals surface area (Å²) in [6, 6.07) is 0.0206. The number of nitrogens with zero attached hydrogens (tertiary/aromatic N) is 8. The monoisotopic (exact) mass is 494 g/mol. The maximum atomic E-state index is 12.7. The number of piperidine rings is 1. The van der Waals surface area contributed by atoms with Crippen LogP contribution >= 0.6 is 0 Å². The van der Waals surface area contributed by atoms with Gasteiger partial charge in [0.05, 0.1) is 31.6 Å². The van der Waals surface area contributed by atoms with Crippen LogP contribution in [0.4, 0.5) is 11.8 Å². The van der Waals surface area contributed by atoms with Gasteiger partial charge in [0.15, 0.2) is 17.0 Å². The Morgan fingerprint density at radius 1 is 1.19 bits per heavy atom. The zero-order valence-electron chi connectivity index (χ0n) is 20.3. The lowest BCUT2D eigenvalue weighted by atomic mass is 10.0. The minimum atomic E-state index is -0.144. The van der Waals surface area contributed by atoms with E-state index in [0.29, 0.717) is 75.2 Å². The zero-order chi connectivity index (χ0) is 25.1. The first-order chi connectivity index (χ1) is 17.5. The Bertz CT molecular complexity index is 1250. The fourth-order valence-corrected chi connectivity index (χ4v) is 4.45. The lowest BCUT2D eigenvalue weighted by Crippen LogP contribution is -2.47. The van der Waals surface area contributed by atoms with Gasteiger partial charge in [-0.3, -0.25) is 18.8 Å². The lowest BCUT2D eigenvalue weighted by Gasteiger charge is -2.31. The Balaban J connectivity index is 1.32. The summed E-state index contributed by atoms with van der Waals surface area (Å²) in [5.41, 5.74) is 2.03. The molecular formula is C23H30N10O3. The second-order valence-corrected chi connectivity index (χ2v) is 8.86. The van der Waals surface area contributed by atoms with E-state index < -0.39 is 0 Å². The molecule has 2 aliphatic heterocycles. The summed E-state index contributed by atoms with van der Waals surface area (Å²) in [7, 11) is 1.85. The third-order valence-corrected chi connectivity index (χ3v) is 6.41. The Morgan fingerprint density at radius 3 is 2.67 bits per heavy atom. The van der Waals surface area contributed by atoms with Crippen molar-refractivity contribution in [3.05, 3.63) is 31.4 Å². The lowest BCUT2D eigenvalue weighted by molar-refractivity contribution is -0.127. The quantitative estimate of drug-likeness (QED) is 0.438. The molecule has 0 unspecified atom stereocenters. The topological polar surface area (TPSA) is 135 Å². The molecule has 0 bridgehead atoms. The van der Waals surface area contributed by atoms with Crippen LogP contribution in [0.1, 0.15) is 12.8 Å². The predicted molar refractivity (Wildman–Crippen MR) is 133 cm³/mol. The fourth-order valence-electron chi connectivity index (χ4n) is 4.45. The molecule has 0 aliphatic carbocycles. The smallest absolute Gasteiger partial charge is 0.245 e. The number of anilines is 2. The van der Waals surface area contributed by atoms with E-state index in [1.54, 1.807) is 22.1 Å². The van der Waals surface area contributed by atoms with E-state index >= 15 is 0 Å². The van der Waals surface area contributed by atoms with E-state index in [0.717, 1.165) is 5.69 Å². The molecule has 3 aromatic heterocycles. The summed E-state index contributed by atoms with van der Waals surface area (Å²) in [5, 5.41) is 10.5. The van der Waals surface area contributed by atoms with Crippen LogP contribution < -0.4 is 15.5 Å². The number of aryl methyl sites for hydroxylation is 1. The number of hydrogen-bond acceptors (Lipinski definition) is 9. The van der Waals surface area contributed by atoms with Crippen LogP contribution in [0.15, 0.2) is 31.4 Å². The number of likely N-dealkylation sites (tertiary alicyclic amines) is 1. The third-order valence-electron chi connectivity index (χ3n) is 6.41. The maximum Gasteiger partial charge on any atom is 0.245 e. The Labute approximate surface area is 208 Å². The number of hydrogen-bond donors (Lipinski definition) is 2. The number of carbonyl (C=O) groups is 2. The number of ether oxygens (including phenoxy) is 1. The Hall–Kier alpha value is -4.00. The molecule has 5 heterocycles. The summed E-state index contributed by atoms with van der Waals surface area (Å²) in [5.74, 6) is 0.829. The van der Waals surface area contributed by atoms with E-state index in [9.17, 15) is 9.59 Å². The SMILES string of the molecule is C=CC(=O)N1CCC(NC(=O)CNc2nc(N3CCOCC3)nc3c2ncn3-c2cnn(C)c2)CC1. The summed E-state index contributed by atoms with van der Waals surface area (Å²) in [6.45, 7) is 7.34. The van der Waals surface area contributed by atoms with Crippen molar-refractivity contribution in [1.29, 1.82) is 0 Å². The van der Waals surface area contributed by atoms with Gasteiger partial charge in [0, 0.05) is 45.5 Å². The number of carbonyl (C=O) groups excluding carboxylic acids is 2. The molecule has 3 aromatic rings. The first-order valence-corrected chi connectivity index (χ1v) is 12.0. The average molecular weight is 495 g/mol. The number of nitrogens with one attached hydrogen (secondary N) is 2. The first kappa shape index (κ1) is 23.7. The summed E-state index contributed by atoms with van der Waals surface area (Å²) in [6.07, 6.45) is 8.05. The highest BCUT2D eigenvalue weighted by Crippen LogP contribution is 2.25. The molecule has 2 aliphatic rings. The van der Waals surface area contributed by atoms with Crippen LogP contribution in [0, 0.1) is 0 Å².